The summed E-state index contributed by atoms with van der Waals surface area (Å²) in [5, 5.41) is 8.24. The Morgan fingerprint density at radius 2 is 1.94 bits per heavy atom. The number of ether oxygens (including phenoxy) is 6. The number of aromatic nitrogens is 3. The molecule has 0 saturated carbocycles. The van der Waals surface area contributed by atoms with E-state index in [2.05, 4.69) is 10.3 Å². The molecule has 1 spiro atoms. The number of hydrogen-bond donors (Lipinski definition) is 0. The van der Waals surface area contributed by atoms with Gasteiger partial charge >= 0.3 is 5.97 Å². The lowest BCUT2D eigenvalue weighted by atomic mass is 9.87. The third-order valence-corrected chi connectivity index (χ3v) is 6.53. The van der Waals surface area contributed by atoms with Gasteiger partial charge in [0, 0.05) is 12.0 Å². The minimum absolute atomic E-state index is 0.00616. The molecule has 0 amide bonds. The van der Waals surface area contributed by atoms with Crippen LogP contribution in [-0.4, -0.2) is 77.8 Å². The highest BCUT2D eigenvalue weighted by atomic mass is 19.2. The van der Waals surface area contributed by atoms with E-state index < -0.39 is 59.3 Å². The van der Waals surface area contributed by atoms with Gasteiger partial charge < -0.3 is 28.4 Å². The van der Waals surface area contributed by atoms with Crippen molar-refractivity contribution in [3.05, 3.63) is 35.8 Å². The summed E-state index contributed by atoms with van der Waals surface area (Å²) in [5.41, 5.74) is 0.0867. The number of carbonyl (C=O) groups excluding carboxylic acids is 1. The van der Waals surface area contributed by atoms with Gasteiger partial charge in [0.2, 0.25) is 0 Å². The first-order chi connectivity index (χ1) is 17.1. The van der Waals surface area contributed by atoms with Crippen LogP contribution >= 0.6 is 0 Å². The van der Waals surface area contributed by atoms with Crippen molar-refractivity contribution < 1.29 is 46.4 Å². The zero-order valence-corrected chi connectivity index (χ0v) is 19.9. The van der Waals surface area contributed by atoms with Crippen LogP contribution in [0.5, 0.6) is 0 Å². The van der Waals surface area contributed by atoms with Crippen molar-refractivity contribution in [1.29, 1.82) is 0 Å². The Morgan fingerprint density at radius 3 is 2.61 bits per heavy atom. The molecule has 196 valence electrons. The molecular weight excluding hydrogens is 487 g/mol. The fourth-order valence-corrected chi connectivity index (χ4v) is 4.90. The second kappa shape index (κ2) is 9.38. The Balaban J connectivity index is 1.57. The van der Waals surface area contributed by atoms with Gasteiger partial charge in [0.05, 0.1) is 26.5 Å². The first kappa shape index (κ1) is 25.1. The molecule has 3 aliphatic heterocycles. The highest BCUT2D eigenvalue weighted by Gasteiger charge is 2.61. The van der Waals surface area contributed by atoms with E-state index in [1.165, 1.54) is 18.0 Å². The summed E-state index contributed by atoms with van der Waals surface area (Å²) in [7, 11) is 1.24. The summed E-state index contributed by atoms with van der Waals surface area (Å²) < 4.78 is 77.8. The van der Waals surface area contributed by atoms with Gasteiger partial charge in [-0.25, -0.2) is 22.6 Å². The standard InChI is InChI=1S/C23H26F3N3O7/c1-22(2)34-10-16-20(36-22)19(21(32-11-17(30)31-3)23(35-16)5-4-6-33-23)29-9-15(27-28-29)12-7-13(24)18(26)14(25)8-12/h7-9,16,19-21H,4-6,10-11H2,1-3H3/t16-,19+,20+,21?,23+/m1/s1. The lowest BCUT2D eigenvalue weighted by molar-refractivity contribution is -0.403. The number of hydrogen-bond acceptors (Lipinski definition) is 9. The SMILES string of the molecule is COC(=O)COC1[C@@H](n2cc(-c3cc(F)c(F)c(F)c3)nn2)[C@H]2OC(C)(C)OC[C@H]2O[C@@]12CCCO2. The van der Waals surface area contributed by atoms with Crippen LogP contribution in [0.2, 0.25) is 0 Å². The molecule has 3 aliphatic rings. The fourth-order valence-electron chi connectivity index (χ4n) is 4.90. The number of methoxy groups -OCH3 is 1. The minimum Gasteiger partial charge on any atom is -0.467 e. The van der Waals surface area contributed by atoms with Crippen molar-refractivity contribution in [2.45, 2.75) is 62.6 Å². The molecule has 2 aromatic rings. The van der Waals surface area contributed by atoms with E-state index in [0.29, 0.717) is 19.4 Å². The highest BCUT2D eigenvalue weighted by molar-refractivity contribution is 5.70. The van der Waals surface area contributed by atoms with E-state index in [1.807, 2.05) is 0 Å². The van der Waals surface area contributed by atoms with Crippen LogP contribution in [0.4, 0.5) is 13.2 Å². The predicted molar refractivity (Wildman–Crippen MR) is 114 cm³/mol. The second-order valence-corrected chi connectivity index (χ2v) is 9.35. The summed E-state index contributed by atoms with van der Waals surface area (Å²) in [4.78, 5) is 12.0. The van der Waals surface area contributed by atoms with Crippen LogP contribution in [0.15, 0.2) is 18.3 Å². The van der Waals surface area contributed by atoms with Gasteiger partial charge in [-0.05, 0) is 32.4 Å². The number of fused-ring (bicyclic) bond motifs is 1. The molecule has 4 heterocycles. The molecule has 0 radical (unpaired) electrons. The van der Waals surface area contributed by atoms with Crippen LogP contribution in [0.25, 0.3) is 11.3 Å². The Morgan fingerprint density at radius 1 is 1.19 bits per heavy atom. The van der Waals surface area contributed by atoms with Gasteiger partial charge in [0.1, 0.15) is 36.7 Å². The third-order valence-electron chi connectivity index (χ3n) is 6.53. The summed E-state index contributed by atoms with van der Waals surface area (Å²) >= 11 is 0. The lowest BCUT2D eigenvalue weighted by Crippen LogP contribution is -2.67. The van der Waals surface area contributed by atoms with Crippen molar-refractivity contribution in [2.75, 3.05) is 26.9 Å². The van der Waals surface area contributed by atoms with Gasteiger partial charge in [-0.1, -0.05) is 5.21 Å². The largest absolute Gasteiger partial charge is 0.467 e. The summed E-state index contributed by atoms with van der Waals surface area (Å²) in [6.07, 6.45) is 0.451. The molecule has 1 aromatic heterocycles. The van der Waals surface area contributed by atoms with E-state index in [9.17, 15) is 18.0 Å². The number of carbonyl (C=O) groups is 1. The Kier molecular flexibility index (Phi) is 6.53. The molecule has 10 nitrogen and oxygen atoms in total. The van der Waals surface area contributed by atoms with Gasteiger partial charge in [0.15, 0.2) is 29.0 Å². The zero-order chi connectivity index (χ0) is 25.7. The first-order valence-electron chi connectivity index (χ1n) is 11.5. The summed E-state index contributed by atoms with van der Waals surface area (Å²) in [6, 6.07) is 0.923. The molecule has 0 bridgehead atoms. The summed E-state index contributed by atoms with van der Waals surface area (Å²) in [5.74, 6) is -7.07. The molecule has 1 unspecified atom stereocenters. The minimum atomic E-state index is -1.58. The van der Waals surface area contributed by atoms with Crippen molar-refractivity contribution in [2.24, 2.45) is 0 Å². The Bertz CT molecular complexity index is 1110. The third kappa shape index (κ3) is 4.50. The van der Waals surface area contributed by atoms with Crippen molar-refractivity contribution in [3.63, 3.8) is 0 Å². The van der Waals surface area contributed by atoms with E-state index in [4.69, 9.17) is 28.4 Å². The monoisotopic (exact) mass is 513 g/mol. The van der Waals surface area contributed by atoms with Gasteiger partial charge in [-0.3, -0.25) is 0 Å². The van der Waals surface area contributed by atoms with Crippen LogP contribution in [-0.2, 0) is 33.2 Å². The Hall–Kier alpha value is -2.58. The van der Waals surface area contributed by atoms with Gasteiger partial charge in [-0.15, -0.1) is 5.10 Å². The second-order valence-electron chi connectivity index (χ2n) is 9.35. The molecule has 0 N–H and O–H groups in total. The number of benzene rings is 1. The molecule has 36 heavy (non-hydrogen) atoms. The smallest absolute Gasteiger partial charge is 0.331 e. The van der Waals surface area contributed by atoms with Crippen LogP contribution in [0, 0.1) is 17.5 Å². The average Bonchev–Trinajstić information content (AvgIpc) is 3.51. The molecule has 5 rings (SSSR count). The van der Waals surface area contributed by atoms with E-state index in [0.717, 1.165) is 12.1 Å². The maximum atomic E-state index is 13.9. The predicted octanol–water partition coefficient (Wildman–Crippen LogP) is 2.52. The van der Waals surface area contributed by atoms with Crippen molar-refractivity contribution >= 4 is 5.97 Å². The molecule has 0 aliphatic carbocycles. The maximum absolute atomic E-state index is 13.9. The van der Waals surface area contributed by atoms with Crippen molar-refractivity contribution in [1.82, 2.24) is 15.0 Å². The normalized spacial score (nSPS) is 31.4. The summed E-state index contributed by atoms with van der Waals surface area (Å²) in [6.45, 7) is 3.71. The Labute approximate surface area is 204 Å². The van der Waals surface area contributed by atoms with Crippen LogP contribution in [0.3, 0.4) is 0 Å². The molecule has 3 saturated heterocycles. The van der Waals surface area contributed by atoms with E-state index in [-0.39, 0.29) is 24.5 Å². The van der Waals surface area contributed by atoms with Crippen LogP contribution < -0.4 is 0 Å². The van der Waals surface area contributed by atoms with E-state index >= 15 is 0 Å². The van der Waals surface area contributed by atoms with Crippen molar-refractivity contribution in [3.8, 4) is 11.3 Å². The lowest BCUT2D eigenvalue weighted by Gasteiger charge is -2.54. The molecule has 1 aromatic carbocycles. The van der Waals surface area contributed by atoms with Crippen LogP contribution in [0.1, 0.15) is 32.7 Å². The molecule has 3 fully saturated rings. The van der Waals surface area contributed by atoms with Gasteiger partial charge in [0.25, 0.3) is 0 Å². The topological polar surface area (TPSA) is 103 Å². The quantitative estimate of drug-likeness (QED) is 0.441. The zero-order valence-electron chi connectivity index (χ0n) is 19.9. The number of esters is 1. The average molecular weight is 513 g/mol. The fraction of sp³-hybridized carbons (Fsp3) is 0.609. The molecule has 5 atom stereocenters. The van der Waals surface area contributed by atoms with Gasteiger partial charge in [-0.2, -0.15) is 0 Å². The molecular formula is C23H26F3N3O7. The van der Waals surface area contributed by atoms with E-state index in [1.54, 1.807) is 13.8 Å². The highest BCUT2D eigenvalue weighted by Crippen LogP contribution is 2.48. The maximum Gasteiger partial charge on any atom is 0.331 e. The number of rotatable bonds is 5. The first-order valence-corrected chi connectivity index (χ1v) is 11.5. The number of halogens is 3. The molecule has 13 heteroatoms. The number of nitrogens with zero attached hydrogens (tertiary/aromatic N) is 3.